The molecule has 2 heterocycles. The molecule has 3 aromatic rings. The Morgan fingerprint density at radius 2 is 1.86 bits per heavy atom. The van der Waals surface area contributed by atoms with Crippen LogP contribution in [0.5, 0.6) is 0 Å². The summed E-state index contributed by atoms with van der Waals surface area (Å²) < 4.78 is 39.1. The Morgan fingerprint density at radius 3 is 2.62 bits per heavy atom. The van der Waals surface area contributed by atoms with Crippen molar-refractivity contribution in [1.29, 1.82) is 0 Å². The molecule has 4 rings (SSSR count). The van der Waals surface area contributed by atoms with Crippen LogP contribution in [0.15, 0.2) is 54.9 Å². The number of anilines is 1. The zero-order chi connectivity index (χ0) is 20.4. The molecule has 1 aromatic carbocycles. The fraction of sp³-hybridized carbons (Fsp3) is 0.238. The van der Waals surface area contributed by atoms with Gasteiger partial charge in [-0.1, -0.05) is 18.2 Å². The van der Waals surface area contributed by atoms with Gasteiger partial charge in [-0.25, -0.2) is 9.97 Å². The SMILES string of the molecule is O=C(Nc1ncccn1)C1CCCc2ccc(-c3cccc(C(F)(F)F)c3)nc21. The number of rotatable bonds is 3. The van der Waals surface area contributed by atoms with Crippen molar-refractivity contribution < 1.29 is 18.0 Å². The summed E-state index contributed by atoms with van der Waals surface area (Å²) in [5.41, 5.74) is 1.56. The second-order valence-electron chi connectivity index (χ2n) is 6.83. The molecule has 1 N–H and O–H groups in total. The van der Waals surface area contributed by atoms with E-state index in [0.717, 1.165) is 30.5 Å². The van der Waals surface area contributed by atoms with Crippen molar-refractivity contribution in [1.82, 2.24) is 15.0 Å². The van der Waals surface area contributed by atoms with E-state index in [9.17, 15) is 18.0 Å². The zero-order valence-corrected chi connectivity index (χ0v) is 15.3. The molecule has 0 aliphatic heterocycles. The van der Waals surface area contributed by atoms with Gasteiger partial charge in [-0.15, -0.1) is 0 Å². The van der Waals surface area contributed by atoms with Crippen LogP contribution in [-0.4, -0.2) is 20.9 Å². The average Bonchev–Trinajstić information content (AvgIpc) is 2.73. The Labute approximate surface area is 165 Å². The van der Waals surface area contributed by atoms with E-state index in [1.165, 1.54) is 18.5 Å². The van der Waals surface area contributed by atoms with Gasteiger partial charge in [-0.3, -0.25) is 15.1 Å². The molecule has 2 aromatic heterocycles. The van der Waals surface area contributed by atoms with E-state index in [0.29, 0.717) is 23.4 Å². The highest BCUT2D eigenvalue weighted by Gasteiger charge is 2.31. The molecule has 0 saturated carbocycles. The summed E-state index contributed by atoms with van der Waals surface area (Å²) >= 11 is 0. The molecule has 0 fully saturated rings. The average molecular weight is 398 g/mol. The third kappa shape index (κ3) is 4.11. The van der Waals surface area contributed by atoms with Gasteiger partial charge in [0.25, 0.3) is 0 Å². The largest absolute Gasteiger partial charge is 0.416 e. The smallest absolute Gasteiger partial charge is 0.294 e. The summed E-state index contributed by atoms with van der Waals surface area (Å²) in [6.07, 6.45) is 0.831. The number of amides is 1. The molecule has 29 heavy (non-hydrogen) atoms. The number of halogens is 3. The van der Waals surface area contributed by atoms with Crippen molar-refractivity contribution in [2.24, 2.45) is 0 Å². The predicted molar refractivity (Wildman–Crippen MR) is 101 cm³/mol. The fourth-order valence-electron chi connectivity index (χ4n) is 3.48. The van der Waals surface area contributed by atoms with Gasteiger partial charge in [-0.2, -0.15) is 13.2 Å². The minimum atomic E-state index is -4.43. The normalized spacial score (nSPS) is 16.2. The number of aromatic nitrogens is 3. The van der Waals surface area contributed by atoms with E-state index < -0.39 is 17.7 Å². The lowest BCUT2D eigenvalue weighted by Crippen LogP contribution is -2.26. The van der Waals surface area contributed by atoms with E-state index in [1.807, 2.05) is 6.07 Å². The minimum Gasteiger partial charge on any atom is -0.294 e. The van der Waals surface area contributed by atoms with Crippen LogP contribution in [0.2, 0.25) is 0 Å². The molecule has 1 unspecified atom stereocenters. The molecule has 1 aliphatic carbocycles. The fourth-order valence-corrected chi connectivity index (χ4v) is 3.48. The Kier molecular flexibility index (Phi) is 5.00. The maximum absolute atomic E-state index is 13.0. The first kappa shape index (κ1) is 19.0. The van der Waals surface area contributed by atoms with Gasteiger partial charge in [0.2, 0.25) is 11.9 Å². The van der Waals surface area contributed by atoms with Crippen molar-refractivity contribution in [3.8, 4) is 11.3 Å². The molecule has 1 atom stereocenters. The van der Waals surface area contributed by atoms with Crippen molar-refractivity contribution in [3.05, 3.63) is 71.7 Å². The number of carbonyl (C=O) groups is 1. The van der Waals surface area contributed by atoms with Crippen LogP contribution >= 0.6 is 0 Å². The van der Waals surface area contributed by atoms with E-state index in [-0.39, 0.29) is 11.9 Å². The van der Waals surface area contributed by atoms with Crippen LogP contribution in [0.25, 0.3) is 11.3 Å². The van der Waals surface area contributed by atoms with E-state index in [4.69, 9.17) is 0 Å². The highest BCUT2D eigenvalue weighted by molar-refractivity contribution is 5.94. The first-order chi connectivity index (χ1) is 13.9. The van der Waals surface area contributed by atoms with Crippen LogP contribution in [0.1, 0.15) is 35.6 Å². The number of carbonyl (C=O) groups excluding carboxylic acids is 1. The number of hydrogen-bond acceptors (Lipinski definition) is 4. The maximum Gasteiger partial charge on any atom is 0.416 e. The lowest BCUT2D eigenvalue weighted by atomic mass is 9.85. The molecule has 148 valence electrons. The number of pyridine rings is 1. The molecule has 5 nitrogen and oxygen atoms in total. The van der Waals surface area contributed by atoms with Gasteiger partial charge in [0.1, 0.15) is 0 Å². The number of alkyl halides is 3. The molecule has 8 heteroatoms. The number of nitrogens with zero attached hydrogens (tertiary/aromatic N) is 3. The quantitative estimate of drug-likeness (QED) is 0.699. The monoisotopic (exact) mass is 398 g/mol. The zero-order valence-electron chi connectivity index (χ0n) is 15.3. The molecule has 1 amide bonds. The number of fused-ring (bicyclic) bond motifs is 1. The summed E-state index contributed by atoms with van der Waals surface area (Å²) in [6, 6.07) is 10.2. The third-order valence-corrected chi connectivity index (χ3v) is 4.88. The lowest BCUT2D eigenvalue weighted by molar-refractivity contribution is -0.137. The van der Waals surface area contributed by atoms with Gasteiger partial charge in [0.15, 0.2) is 0 Å². The van der Waals surface area contributed by atoms with E-state index >= 15 is 0 Å². The van der Waals surface area contributed by atoms with E-state index in [1.54, 1.807) is 18.2 Å². The summed E-state index contributed by atoms with van der Waals surface area (Å²) in [7, 11) is 0. The molecule has 0 bridgehead atoms. The topological polar surface area (TPSA) is 67.8 Å². The number of hydrogen-bond donors (Lipinski definition) is 1. The van der Waals surface area contributed by atoms with Gasteiger partial charge < -0.3 is 0 Å². The van der Waals surface area contributed by atoms with Crippen molar-refractivity contribution >= 4 is 11.9 Å². The maximum atomic E-state index is 13.0. The Morgan fingerprint density at radius 1 is 1.07 bits per heavy atom. The number of benzene rings is 1. The van der Waals surface area contributed by atoms with Crippen LogP contribution in [0.4, 0.5) is 19.1 Å². The summed E-state index contributed by atoms with van der Waals surface area (Å²) in [6.45, 7) is 0. The van der Waals surface area contributed by atoms with Crippen LogP contribution < -0.4 is 5.32 Å². The van der Waals surface area contributed by atoms with Gasteiger partial charge in [0.05, 0.1) is 22.9 Å². The highest BCUT2D eigenvalue weighted by atomic mass is 19.4. The molecular formula is C21H17F3N4O. The molecule has 0 spiro atoms. The summed E-state index contributed by atoms with van der Waals surface area (Å²) in [5.74, 6) is -0.571. The molecule has 0 radical (unpaired) electrons. The van der Waals surface area contributed by atoms with Crippen LogP contribution in [-0.2, 0) is 17.4 Å². The third-order valence-electron chi connectivity index (χ3n) is 4.88. The minimum absolute atomic E-state index is 0.207. The Bertz CT molecular complexity index is 1040. The van der Waals surface area contributed by atoms with Crippen LogP contribution in [0.3, 0.4) is 0 Å². The first-order valence-corrected chi connectivity index (χ1v) is 9.17. The standard InChI is InChI=1S/C21H17F3N4O/c22-21(23,24)15-6-1-5-14(12-15)17-9-8-13-4-2-7-16(18(13)27-17)19(29)28-20-25-10-3-11-26-20/h1,3,5-6,8-12,16H,2,4,7H2,(H,25,26,28,29). The number of aryl methyl sites for hydroxylation is 1. The van der Waals surface area contributed by atoms with Gasteiger partial charge >= 0.3 is 6.18 Å². The van der Waals surface area contributed by atoms with Crippen molar-refractivity contribution in [2.75, 3.05) is 5.32 Å². The van der Waals surface area contributed by atoms with E-state index in [2.05, 4.69) is 20.3 Å². The first-order valence-electron chi connectivity index (χ1n) is 9.17. The van der Waals surface area contributed by atoms with Gasteiger partial charge in [0, 0.05) is 18.0 Å². The van der Waals surface area contributed by atoms with Crippen molar-refractivity contribution in [2.45, 2.75) is 31.4 Å². The van der Waals surface area contributed by atoms with Crippen molar-refractivity contribution in [3.63, 3.8) is 0 Å². The lowest BCUT2D eigenvalue weighted by Gasteiger charge is -2.24. The number of nitrogens with one attached hydrogen (secondary N) is 1. The molecule has 1 aliphatic rings. The second kappa shape index (κ2) is 7.62. The summed E-state index contributed by atoms with van der Waals surface area (Å²) in [5, 5.41) is 2.69. The van der Waals surface area contributed by atoms with Gasteiger partial charge in [-0.05, 0) is 49.1 Å². The highest BCUT2D eigenvalue weighted by Crippen LogP contribution is 2.35. The Hall–Kier alpha value is -3.29. The molecule has 0 saturated heterocycles. The van der Waals surface area contributed by atoms with Crippen LogP contribution in [0, 0.1) is 0 Å². The Balaban J connectivity index is 1.66. The second-order valence-corrected chi connectivity index (χ2v) is 6.83. The predicted octanol–water partition coefficient (Wildman–Crippen LogP) is 4.62. The summed E-state index contributed by atoms with van der Waals surface area (Å²) in [4.78, 5) is 25.4. The molecular weight excluding hydrogens is 381 g/mol.